The van der Waals surface area contributed by atoms with Crippen LogP contribution in [0.5, 0.6) is 0 Å². The maximum atomic E-state index is 12.9. The molecule has 1 N–H and O–H groups in total. The molecule has 15 heavy (non-hydrogen) atoms. The fourth-order valence-electron chi connectivity index (χ4n) is 1.75. The molecule has 0 heterocycles. The number of benzene rings is 1. The van der Waals surface area contributed by atoms with E-state index in [-0.39, 0.29) is 16.9 Å². The Bertz CT molecular complexity index is 367. The molecule has 0 aromatic heterocycles. The lowest BCUT2D eigenvalue weighted by Gasteiger charge is -2.14. The van der Waals surface area contributed by atoms with Crippen LogP contribution in [0.15, 0.2) is 18.2 Å². The van der Waals surface area contributed by atoms with Gasteiger partial charge < -0.3 is 5.32 Å². The van der Waals surface area contributed by atoms with Crippen molar-refractivity contribution in [3.8, 4) is 0 Å². The molecule has 1 aliphatic rings. The van der Waals surface area contributed by atoms with E-state index < -0.39 is 0 Å². The molecule has 3 unspecified atom stereocenters. The molecule has 1 nitrogen and oxygen atoms in total. The van der Waals surface area contributed by atoms with Crippen molar-refractivity contribution in [2.75, 3.05) is 0 Å². The fraction of sp³-hybridized carbons (Fsp3) is 0.500. The highest BCUT2D eigenvalue weighted by Gasteiger charge is 2.33. The van der Waals surface area contributed by atoms with Crippen LogP contribution in [0, 0.1) is 11.7 Å². The molecule has 0 radical (unpaired) electrons. The van der Waals surface area contributed by atoms with Crippen molar-refractivity contribution < 1.29 is 4.39 Å². The smallest absolute Gasteiger partial charge is 0.141 e. The van der Waals surface area contributed by atoms with E-state index in [0.29, 0.717) is 6.04 Å². The molecule has 1 aromatic rings. The van der Waals surface area contributed by atoms with Gasteiger partial charge in [-0.3, -0.25) is 0 Å². The van der Waals surface area contributed by atoms with E-state index in [4.69, 9.17) is 11.6 Å². The molecule has 3 heteroatoms. The van der Waals surface area contributed by atoms with Crippen LogP contribution in [0.1, 0.15) is 31.9 Å². The summed E-state index contributed by atoms with van der Waals surface area (Å²) in [6, 6.07) is 5.75. The number of halogens is 2. The summed E-state index contributed by atoms with van der Waals surface area (Å²) in [5, 5.41) is 3.68. The minimum absolute atomic E-state index is 0.199. The Morgan fingerprint density at radius 3 is 2.73 bits per heavy atom. The standard InChI is InChI=1S/C12H15ClFN/c1-7-5-12(7)15-8(2)9-3-4-11(14)10(13)6-9/h3-4,6-8,12,15H,5H2,1-2H3. The van der Waals surface area contributed by atoms with E-state index in [0.717, 1.165) is 11.5 Å². The van der Waals surface area contributed by atoms with Crippen LogP contribution >= 0.6 is 11.6 Å². The highest BCUT2D eigenvalue weighted by atomic mass is 35.5. The molecular weight excluding hydrogens is 213 g/mol. The molecule has 0 bridgehead atoms. The van der Waals surface area contributed by atoms with Gasteiger partial charge in [0.2, 0.25) is 0 Å². The Kier molecular flexibility index (Phi) is 2.98. The van der Waals surface area contributed by atoms with Gasteiger partial charge in [-0.15, -0.1) is 0 Å². The van der Waals surface area contributed by atoms with Crippen LogP contribution in [0.2, 0.25) is 5.02 Å². The summed E-state index contributed by atoms with van der Waals surface area (Å²) in [5.74, 6) is 0.413. The van der Waals surface area contributed by atoms with Crippen molar-refractivity contribution in [2.45, 2.75) is 32.4 Å². The molecule has 2 rings (SSSR count). The van der Waals surface area contributed by atoms with Gasteiger partial charge in [0.05, 0.1) is 5.02 Å². The van der Waals surface area contributed by atoms with Gasteiger partial charge in [0.1, 0.15) is 5.82 Å². The van der Waals surface area contributed by atoms with Crippen LogP contribution < -0.4 is 5.32 Å². The second kappa shape index (κ2) is 4.11. The lowest BCUT2D eigenvalue weighted by Crippen LogP contribution is -2.22. The third-order valence-corrected chi connectivity index (χ3v) is 3.31. The molecule has 0 saturated heterocycles. The molecule has 82 valence electrons. The summed E-state index contributed by atoms with van der Waals surface area (Å²) in [4.78, 5) is 0. The Hall–Kier alpha value is -0.600. The Labute approximate surface area is 94.6 Å². The normalized spacial score (nSPS) is 26.4. The molecule has 3 atom stereocenters. The summed E-state index contributed by atoms with van der Waals surface area (Å²) in [7, 11) is 0. The third kappa shape index (κ3) is 2.50. The first-order valence-electron chi connectivity index (χ1n) is 5.29. The number of hydrogen-bond acceptors (Lipinski definition) is 1. The van der Waals surface area contributed by atoms with Crippen molar-refractivity contribution in [1.29, 1.82) is 0 Å². The molecule has 0 aliphatic heterocycles. The van der Waals surface area contributed by atoms with E-state index in [1.54, 1.807) is 12.1 Å². The zero-order valence-electron chi connectivity index (χ0n) is 8.93. The van der Waals surface area contributed by atoms with Crippen LogP contribution in [0.25, 0.3) is 0 Å². The SMILES string of the molecule is CC(NC1CC1C)c1ccc(F)c(Cl)c1. The highest BCUT2D eigenvalue weighted by molar-refractivity contribution is 6.30. The van der Waals surface area contributed by atoms with Gasteiger partial charge >= 0.3 is 0 Å². The van der Waals surface area contributed by atoms with Gasteiger partial charge in [-0.05, 0) is 37.0 Å². The molecular formula is C12H15ClFN. The highest BCUT2D eigenvalue weighted by Crippen LogP contribution is 2.32. The van der Waals surface area contributed by atoms with Gasteiger partial charge in [-0.1, -0.05) is 24.6 Å². The third-order valence-electron chi connectivity index (χ3n) is 3.02. The summed E-state index contributed by atoms with van der Waals surface area (Å²) in [6.45, 7) is 4.30. The molecule has 1 saturated carbocycles. The van der Waals surface area contributed by atoms with Gasteiger partial charge in [0.25, 0.3) is 0 Å². The quantitative estimate of drug-likeness (QED) is 0.833. The predicted molar refractivity (Wildman–Crippen MR) is 60.5 cm³/mol. The lowest BCUT2D eigenvalue weighted by molar-refractivity contribution is 0.550. The van der Waals surface area contributed by atoms with Gasteiger partial charge in [-0.25, -0.2) is 4.39 Å². The molecule has 1 fully saturated rings. The van der Waals surface area contributed by atoms with E-state index in [1.807, 2.05) is 0 Å². The average Bonchev–Trinajstić information content (AvgIpc) is 2.86. The summed E-state index contributed by atoms with van der Waals surface area (Å²) >= 11 is 5.74. The van der Waals surface area contributed by atoms with Gasteiger partial charge in [0.15, 0.2) is 0 Å². The first kappa shape index (κ1) is 10.9. The molecule has 0 spiro atoms. The van der Waals surface area contributed by atoms with Crippen molar-refractivity contribution in [3.05, 3.63) is 34.6 Å². The van der Waals surface area contributed by atoms with E-state index in [1.165, 1.54) is 12.5 Å². The summed E-state index contributed by atoms with van der Waals surface area (Å²) in [5.41, 5.74) is 1.04. The van der Waals surface area contributed by atoms with Gasteiger partial charge in [-0.2, -0.15) is 0 Å². The van der Waals surface area contributed by atoms with Crippen molar-refractivity contribution >= 4 is 11.6 Å². The topological polar surface area (TPSA) is 12.0 Å². The predicted octanol–water partition coefficient (Wildman–Crippen LogP) is 3.54. The van der Waals surface area contributed by atoms with Crippen LogP contribution in [-0.4, -0.2) is 6.04 Å². The Morgan fingerprint density at radius 1 is 1.53 bits per heavy atom. The lowest BCUT2D eigenvalue weighted by atomic mass is 10.1. The minimum Gasteiger partial charge on any atom is -0.307 e. The Balaban J connectivity index is 2.04. The molecule has 1 aliphatic carbocycles. The largest absolute Gasteiger partial charge is 0.307 e. The van der Waals surface area contributed by atoms with Crippen LogP contribution in [0.3, 0.4) is 0 Å². The summed E-state index contributed by atoms with van der Waals surface area (Å²) in [6.07, 6.45) is 1.24. The molecule has 0 amide bonds. The Morgan fingerprint density at radius 2 is 2.20 bits per heavy atom. The average molecular weight is 228 g/mol. The first-order chi connectivity index (χ1) is 7.08. The minimum atomic E-state index is -0.354. The van der Waals surface area contributed by atoms with Gasteiger partial charge in [0, 0.05) is 12.1 Å². The number of rotatable bonds is 3. The zero-order chi connectivity index (χ0) is 11.0. The number of hydrogen-bond donors (Lipinski definition) is 1. The fourth-order valence-corrected chi connectivity index (χ4v) is 1.94. The van der Waals surface area contributed by atoms with Crippen molar-refractivity contribution in [2.24, 2.45) is 5.92 Å². The zero-order valence-corrected chi connectivity index (χ0v) is 9.68. The van der Waals surface area contributed by atoms with E-state index in [9.17, 15) is 4.39 Å². The first-order valence-corrected chi connectivity index (χ1v) is 5.66. The maximum absolute atomic E-state index is 12.9. The number of nitrogens with one attached hydrogen (secondary N) is 1. The van der Waals surface area contributed by atoms with Crippen LogP contribution in [0.4, 0.5) is 4.39 Å². The molecule has 1 aromatic carbocycles. The monoisotopic (exact) mass is 227 g/mol. The summed E-state index contributed by atoms with van der Waals surface area (Å²) < 4.78 is 12.9. The second-order valence-corrected chi connectivity index (χ2v) is 4.79. The van der Waals surface area contributed by atoms with Crippen LogP contribution in [-0.2, 0) is 0 Å². The van der Waals surface area contributed by atoms with E-state index in [2.05, 4.69) is 19.2 Å². The van der Waals surface area contributed by atoms with E-state index >= 15 is 0 Å². The van der Waals surface area contributed by atoms with Crippen molar-refractivity contribution in [3.63, 3.8) is 0 Å². The van der Waals surface area contributed by atoms with Crippen molar-refractivity contribution in [1.82, 2.24) is 5.32 Å². The maximum Gasteiger partial charge on any atom is 0.141 e. The second-order valence-electron chi connectivity index (χ2n) is 4.38.